The maximum Gasteiger partial charge on any atom is 0.251 e. The molecule has 1 fully saturated rings. The SMILES string of the molecule is CCC1COC(C)CN1c1cc(C(=O)NC)ccc1N. The normalized spacial score (nSPS) is 22.6. The topological polar surface area (TPSA) is 67.6 Å². The van der Waals surface area contributed by atoms with Crippen molar-refractivity contribution in [3.8, 4) is 0 Å². The Morgan fingerprint density at radius 3 is 2.95 bits per heavy atom. The molecule has 2 rings (SSSR count). The monoisotopic (exact) mass is 277 g/mol. The fourth-order valence-corrected chi connectivity index (χ4v) is 2.56. The first-order chi connectivity index (χ1) is 9.56. The summed E-state index contributed by atoms with van der Waals surface area (Å²) in [6.07, 6.45) is 1.15. The lowest BCUT2D eigenvalue weighted by molar-refractivity contribution is 0.0300. The van der Waals surface area contributed by atoms with E-state index in [0.29, 0.717) is 23.9 Å². The quantitative estimate of drug-likeness (QED) is 0.824. The molecule has 5 nitrogen and oxygen atoms in total. The molecule has 1 aromatic carbocycles. The van der Waals surface area contributed by atoms with Crippen molar-refractivity contribution in [3.05, 3.63) is 23.8 Å². The molecule has 20 heavy (non-hydrogen) atoms. The molecule has 1 saturated heterocycles. The minimum absolute atomic E-state index is 0.0967. The summed E-state index contributed by atoms with van der Waals surface area (Å²) in [7, 11) is 1.63. The van der Waals surface area contributed by atoms with Crippen LogP contribution in [0.1, 0.15) is 30.6 Å². The number of carbonyl (C=O) groups excluding carboxylic acids is 1. The zero-order chi connectivity index (χ0) is 14.7. The fraction of sp³-hybridized carbons (Fsp3) is 0.533. The molecule has 1 heterocycles. The lowest BCUT2D eigenvalue weighted by atomic mass is 10.1. The number of amides is 1. The van der Waals surface area contributed by atoms with Crippen LogP contribution < -0.4 is 16.0 Å². The van der Waals surface area contributed by atoms with Gasteiger partial charge in [-0.2, -0.15) is 0 Å². The Bertz CT molecular complexity index is 490. The Morgan fingerprint density at radius 1 is 1.55 bits per heavy atom. The van der Waals surface area contributed by atoms with Crippen LogP contribution in [0.4, 0.5) is 11.4 Å². The molecule has 0 aliphatic carbocycles. The van der Waals surface area contributed by atoms with Crippen molar-refractivity contribution in [2.45, 2.75) is 32.4 Å². The molecule has 0 radical (unpaired) electrons. The number of benzene rings is 1. The average Bonchev–Trinajstić information content (AvgIpc) is 2.47. The van der Waals surface area contributed by atoms with Crippen LogP contribution in [0.2, 0.25) is 0 Å². The summed E-state index contributed by atoms with van der Waals surface area (Å²) in [4.78, 5) is 14.0. The number of nitrogens with one attached hydrogen (secondary N) is 1. The average molecular weight is 277 g/mol. The number of nitrogens with zero attached hydrogens (tertiary/aromatic N) is 1. The van der Waals surface area contributed by atoms with Gasteiger partial charge in [0.1, 0.15) is 0 Å². The van der Waals surface area contributed by atoms with Crippen LogP contribution in [0.25, 0.3) is 0 Å². The molecule has 0 spiro atoms. The summed E-state index contributed by atoms with van der Waals surface area (Å²) in [5.41, 5.74) is 8.36. The summed E-state index contributed by atoms with van der Waals surface area (Å²) >= 11 is 0. The Morgan fingerprint density at radius 2 is 2.30 bits per heavy atom. The Balaban J connectivity index is 2.36. The number of rotatable bonds is 3. The number of morpholine rings is 1. The Labute approximate surface area is 120 Å². The lowest BCUT2D eigenvalue weighted by Gasteiger charge is -2.40. The second-order valence-electron chi connectivity index (χ2n) is 5.21. The van der Waals surface area contributed by atoms with Crippen molar-refractivity contribution in [1.82, 2.24) is 5.32 Å². The first kappa shape index (κ1) is 14.7. The van der Waals surface area contributed by atoms with Crippen LogP contribution in [-0.4, -0.2) is 38.3 Å². The van der Waals surface area contributed by atoms with Gasteiger partial charge in [-0.05, 0) is 31.5 Å². The standard InChI is InChI=1S/C15H23N3O2/c1-4-12-9-20-10(2)8-18(12)14-7-11(15(19)17-3)5-6-13(14)16/h5-7,10,12H,4,8-9,16H2,1-3H3,(H,17,19). The van der Waals surface area contributed by atoms with Gasteiger partial charge >= 0.3 is 0 Å². The number of carbonyl (C=O) groups is 1. The van der Waals surface area contributed by atoms with Gasteiger partial charge < -0.3 is 20.7 Å². The van der Waals surface area contributed by atoms with E-state index >= 15 is 0 Å². The summed E-state index contributed by atoms with van der Waals surface area (Å²) in [6.45, 7) is 5.68. The first-order valence-electron chi connectivity index (χ1n) is 7.06. The smallest absolute Gasteiger partial charge is 0.251 e. The van der Waals surface area contributed by atoms with Gasteiger partial charge in [0.2, 0.25) is 0 Å². The number of anilines is 2. The lowest BCUT2D eigenvalue weighted by Crippen LogP contribution is -2.49. The van der Waals surface area contributed by atoms with Gasteiger partial charge in [-0.3, -0.25) is 4.79 Å². The molecule has 0 bridgehead atoms. The predicted molar refractivity (Wildman–Crippen MR) is 81.1 cm³/mol. The molecule has 2 unspecified atom stereocenters. The summed E-state index contributed by atoms with van der Waals surface area (Å²) in [5.74, 6) is -0.0967. The zero-order valence-electron chi connectivity index (χ0n) is 12.3. The highest BCUT2D eigenvalue weighted by molar-refractivity contribution is 5.96. The van der Waals surface area contributed by atoms with Crippen LogP contribution in [0.3, 0.4) is 0 Å². The second kappa shape index (κ2) is 6.13. The first-order valence-corrected chi connectivity index (χ1v) is 7.06. The van der Waals surface area contributed by atoms with Gasteiger partial charge in [0.25, 0.3) is 5.91 Å². The number of nitrogens with two attached hydrogens (primary N) is 1. The maximum absolute atomic E-state index is 11.8. The van der Waals surface area contributed by atoms with Crippen molar-refractivity contribution in [3.63, 3.8) is 0 Å². The van der Waals surface area contributed by atoms with Crippen molar-refractivity contribution in [2.75, 3.05) is 30.8 Å². The molecule has 0 aromatic heterocycles. The van der Waals surface area contributed by atoms with E-state index in [2.05, 4.69) is 24.1 Å². The molecule has 110 valence electrons. The summed E-state index contributed by atoms with van der Waals surface area (Å²) in [6, 6.07) is 5.72. The van der Waals surface area contributed by atoms with E-state index in [4.69, 9.17) is 10.5 Å². The third-order valence-corrected chi connectivity index (χ3v) is 3.77. The van der Waals surface area contributed by atoms with E-state index in [9.17, 15) is 4.79 Å². The minimum Gasteiger partial charge on any atom is -0.397 e. The largest absolute Gasteiger partial charge is 0.397 e. The molecule has 2 atom stereocenters. The van der Waals surface area contributed by atoms with E-state index < -0.39 is 0 Å². The third kappa shape index (κ3) is 2.88. The molecule has 0 saturated carbocycles. The van der Waals surface area contributed by atoms with Gasteiger partial charge in [-0.25, -0.2) is 0 Å². The van der Waals surface area contributed by atoms with Crippen molar-refractivity contribution >= 4 is 17.3 Å². The predicted octanol–water partition coefficient (Wildman–Crippen LogP) is 1.63. The fourth-order valence-electron chi connectivity index (χ4n) is 2.56. The van der Waals surface area contributed by atoms with Crippen LogP contribution in [0.5, 0.6) is 0 Å². The summed E-state index contributed by atoms with van der Waals surface area (Å²) in [5, 5.41) is 2.64. The van der Waals surface area contributed by atoms with E-state index in [0.717, 1.165) is 18.7 Å². The van der Waals surface area contributed by atoms with E-state index in [1.807, 2.05) is 6.07 Å². The molecule has 1 aliphatic rings. The maximum atomic E-state index is 11.8. The summed E-state index contributed by atoms with van der Waals surface area (Å²) < 4.78 is 5.71. The second-order valence-corrected chi connectivity index (χ2v) is 5.21. The van der Waals surface area contributed by atoms with Crippen LogP contribution in [-0.2, 0) is 4.74 Å². The number of hydrogen-bond donors (Lipinski definition) is 2. The Hall–Kier alpha value is -1.75. The van der Waals surface area contributed by atoms with Gasteiger partial charge in [0, 0.05) is 19.2 Å². The van der Waals surface area contributed by atoms with Crippen molar-refractivity contribution in [2.24, 2.45) is 0 Å². The minimum atomic E-state index is -0.0967. The molecular formula is C15H23N3O2. The molecule has 1 aromatic rings. The highest BCUT2D eigenvalue weighted by Crippen LogP contribution is 2.30. The van der Waals surface area contributed by atoms with E-state index in [-0.39, 0.29) is 12.0 Å². The van der Waals surface area contributed by atoms with E-state index in [1.165, 1.54) is 0 Å². The number of nitrogen functional groups attached to an aromatic ring is 1. The van der Waals surface area contributed by atoms with E-state index in [1.54, 1.807) is 19.2 Å². The number of ether oxygens (including phenoxy) is 1. The van der Waals surface area contributed by atoms with Crippen molar-refractivity contribution < 1.29 is 9.53 Å². The number of hydrogen-bond acceptors (Lipinski definition) is 4. The third-order valence-electron chi connectivity index (χ3n) is 3.77. The van der Waals surface area contributed by atoms with Gasteiger partial charge in [0.05, 0.1) is 30.1 Å². The van der Waals surface area contributed by atoms with Gasteiger partial charge in [-0.1, -0.05) is 6.92 Å². The Kier molecular flexibility index (Phi) is 4.49. The van der Waals surface area contributed by atoms with Crippen molar-refractivity contribution in [1.29, 1.82) is 0 Å². The highest BCUT2D eigenvalue weighted by atomic mass is 16.5. The van der Waals surface area contributed by atoms with Crippen LogP contribution in [0.15, 0.2) is 18.2 Å². The van der Waals surface area contributed by atoms with Gasteiger partial charge in [-0.15, -0.1) is 0 Å². The van der Waals surface area contributed by atoms with Gasteiger partial charge in [0.15, 0.2) is 0 Å². The molecule has 5 heteroatoms. The highest BCUT2D eigenvalue weighted by Gasteiger charge is 2.27. The molecular weight excluding hydrogens is 254 g/mol. The molecule has 1 amide bonds. The van der Waals surface area contributed by atoms with Crippen LogP contribution in [0, 0.1) is 0 Å². The zero-order valence-corrected chi connectivity index (χ0v) is 12.3. The molecule has 3 N–H and O–H groups in total. The van der Waals surface area contributed by atoms with Crippen LogP contribution >= 0.6 is 0 Å². The molecule has 1 aliphatic heterocycles.